The third-order valence-corrected chi connectivity index (χ3v) is 5.50. The summed E-state index contributed by atoms with van der Waals surface area (Å²) in [6.45, 7) is 1.43. The molecule has 160 valence electrons. The van der Waals surface area contributed by atoms with Gasteiger partial charge in [0.2, 0.25) is 5.95 Å². The SMILES string of the molecule is CC(=O)COP(=O)(COCCn1cnc2c(=O)[nH]c(N)nc21)OCc1ccccc1. The molecule has 0 bridgehead atoms. The van der Waals surface area contributed by atoms with Gasteiger partial charge in [0, 0.05) is 6.54 Å². The standard InChI is InChI=1S/C18H22N5O6P/c1-13(24)9-28-30(26,29-10-14-5-3-2-4-6-14)12-27-8-7-23-11-20-15-16(23)21-18(19)22-17(15)25/h2-6,11H,7-10,12H2,1H3,(H3,19,21,22,25). The Balaban J connectivity index is 1.59. The minimum absolute atomic E-state index is 0.0217. The van der Waals surface area contributed by atoms with E-state index in [0.717, 1.165) is 5.56 Å². The normalized spacial score (nSPS) is 13.4. The minimum Gasteiger partial charge on any atom is -0.369 e. The summed E-state index contributed by atoms with van der Waals surface area (Å²) in [5.74, 6) is -0.302. The number of aromatic nitrogens is 4. The van der Waals surface area contributed by atoms with Crippen molar-refractivity contribution in [3.05, 3.63) is 52.6 Å². The maximum absolute atomic E-state index is 12.9. The summed E-state index contributed by atoms with van der Waals surface area (Å²) in [6, 6.07) is 9.16. The van der Waals surface area contributed by atoms with E-state index in [4.69, 9.17) is 19.5 Å². The molecule has 0 radical (unpaired) electrons. The topological polar surface area (TPSA) is 151 Å². The fourth-order valence-electron chi connectivity index (χ4n) is 2.52. The van der Waals surface area contributed by atoms with Crippen molar-refractivity contribution in [3.8, 4) is 0 Å². The molecular formula is C18H22N5O6P. The summed E-state index contributed by atoms with van der Waals surface area (Å²) in [4.78, 5) is 33.5. The lowest BCUT2D eigenvalue weighted by atomic mass is 10.2. The third kappa shape index (κ3) is 5.83. The van der Waals surface area contributed by atoms with Gasteiger partial charge in [0.15, 0.2) is 16.9 Å². The van der Waals surface area contributed by atoms with E-state index in [1.165, 1.54) is 13.3 Å². The number of hydrogen-bond acceptors (Lipinski definition) is 9. The number of rotatable bonds is 11. The van der Waals surface area contributed by atoms with E-state index >= 15 is 0 Å². The van der Waals surface area contributed by atoms with Crippen LogP contribution in [-0.2, 0) is 36.3 Å². The van der Waals surface area contributed by atoms with Crippen molar-refractivity contribution >= 4 is 30.5 Å². The fraction of sp³-hybridized carbons (Fsp3) is 0.333. The van der Waals surface area contributed by atoms with Crippen molar-refractivity contribution in [2.45, 2.75) is 20.1 Å². The van der Waals surface area contributed by atoms with Crippen LogP contribution in [0.5, 0.6) is 0 Å². The van der Waals surface area contributed by atoms with Crippen LogP contribution in [0.1, 0.15) is 12.5 Å². The average Bonchev–Trinajstić information content (AvgIpc) is 3.12. The van der Waals surface area contributed by atoms with Crippen molar-refractivity contribution in [2.24, 2.45) is 0 Å². The number of carbonyl (C=O) groups is 1. The number of imidazole rings is 1. The highest BCUT2D eigenvalue weighted by Gasteiger charge is 2.26. The van der Waals surface area contributed by atoms with Gasteiger partial charge in [-0.2, -0.15) is 4.98 Å². The van der Waals surface area contributed by atoms with Gasteiger partial charge in [0.1, 0.15) is 13.0 Å². The lowest BCUT2D eigenvalue weighted by molar-refractivity contribution is -0.119. The van der Waals surface area contributed by atoms with Crippen LogP contribution in [0.4, 0.5) is 5.95 Å². The van der Waals surface area contributed by atoms with Gasteiger partial charge in [0.05, 0.1) is 19.5 Å². The number of benzene rings is 1. The Morgan fingerprint density at radius 2 is 2.03 bits per heavy atom. The molecule has 30 heavy (non-hydrogen) atoms. The molecule has 1 aromatic carbocycles. The number of nitrogens with zero attached hydrogens (tertiary/aromatic N) is 3. The van der Waals surface area contributed by atoms with E-state index in [0.29, 0.717) is 5.65 Å². The fourth-order valence-corrected chi connectivity index (χ4v) is 3.82. The van der Waals surface area contributed by atoms with E-state index < -0.39 is 13.2 Å². The average molecular weight is 435 g/mol. The van der Waals surface area contributed by atoms with Gasteiger partial charge < -0.3 is 19.6 Å². The van der Waals surface area contributed by atoms with Crippen LogP contribution in [0.15, 0.2) is 41.5 Å². The smallest absolute Gasteiger partial charge is 0.356 e. The Morgan fingerprint density at radius 1 is 1.27 bits per heavy atom. The largest absolute Gasteiger partial charge is 0.369 e. The Hall–Kier alpha value is -2.85. The second-order valence-corrected chi connectivity index (χ2v) is 8.44. The molecule has 0 aliphatic carbocycles. The number of ketones is 1. The first kappa shape index (κ1) is 21.8. The molecule has 0 saturated carbocycles. The Labute approximate surface area is 171 Å². The first-order chi connectivity index (χ1) is 14.4. The number of nitrogens with one attached hydrogen (secondary N) is 1. The van der Waals surface area contributed by atoms with E-state index in [-0.39, 0.29) is 50.0 Å². The number of H-pyrrole nitrogens is 1. The van der Waals surface area contributed by atoms with E-state index in [1.54, 1.807) is 4.57 Å². The number of ether oxygens (including phenoxy) is 1. The highest BCUT2D eigenvalue weighted by molar-refractivity contribution is 7.53. The maximum atomic E-state index is 12.9. The molecular weight excluding hydrogens is 413 g/mol. The van der Waals surface area contributed by atoms with Crippen LogP contribution in [0.25, 0.3) is 11.2 Å². The maximum Gasteiger partial charge on any atom is 0.356 e. The summed E-state index contributed by atoms with van der Waals surface area (Å²) >= 11 is 0. The number of anilines is 1. The molecule has 3 rings (SSSR count). The van der Waals surface area contributed by atoms with E-state index in [9.17, 15) is 14.2 Å². The molecule has 0 fully saturated rings. The predicted molar refractivity (Wildman–Crippen MR) is 109 cm³/mol. The molecule has 11 nitrogen and oxygen atoms in total. The summed E-state index contributed by atoms with van der Waals surface area (Å²) < 4.78 is 30.7. The monoisotopic (exact) mass is 435 g/mol. The van der Waals surface area contributed by atoms with Crippen LogP contribution in [-0.4, -0.2) is 44.9 Å². The molecule has 3 aromatic rings. The first-order valence-corrected chi connectivity index (χ1v) is 10.8. The summed E-state index contributed by atoms with van der Waals surface area (Å²) in [7, 11) is -3.67. The van der Waals surface area contributed by atoms with Gasteiger partial charge in [-0.25, -0.2) is 4.98 Å². The summed E-state index contributed by atoms with van der Waals surface area (Å²) in [5, 5.41) is 0. The molecule has 0 amide bonds. The number of Topliss-reactive ketones (excluding diaryl/α,β-unsaturated/α-hetero) is 1. The predicted octanol–water partition coefficient (Wildman–Crippen LogP) is 1.69. The number of hydrogen-bond donors (Lipinski definition) is 2. The van der Waals surface area contributed by atoms with Crippen molar-refractivity contribution in [2.75, 3.05) is 25.3 Å². The van der Waals surface area contributed by atoms with Crippen molar-refractivity contribution in [3.63, 3.8) is 0 Å². The Bertz CT molecular complexity index is 1110. The van der Waals surface area contributed by atoms with Gasteiger partial charge in [-0.15, -0.1) is 0 Å². The van der Waals surface area contributed by atoms with Gasteiger partial charge in [-0.3, -0.25) is 23.7 Å². The highest BCUT2D eigenvalue weighted by Crippen LogP contribution is 2.48. The molecule has 0 saturated heterocycles. The second-order valence-electron chi connectivity index (χ2n) is 6.44. The van der Waals surface area contributed by atoms with Gasteiger partial charge in [0.25, 0.3) is 5.56 Å². The third-order valence-electron chi connectivity index (χ3n) is 3.95. The Kier molecular flexibility index (Phi) is 7.11. The molecule has 0 aliphatic heterocycles. The van der Waals surface area contributed by atoms with E-state index in [1.807, 2.05) is 30.3 Å². The zero-order chi connectivity index (χ0) is 21.6. The van der Waals surface area contributed by atoms with Crippen LogP contribution < -0.4 is 11.3 Å². The van der Waals surface area contributed by atoms with Crippen LogP contribution in [0.3, 0.4) is 0 Å². The van der Waals surface area contributed by atoms with Gasteiger partial charge >= 0.3 is 7.60 Å². The summed E-state index contributed by atoms with van der Waals surface area (Å²) in [6.07, 6.45) is 1.10. The number of fused-ring (bicyclic) bond motifs is 1. The summed E-state index contributed by atoms with van der Waals surface area (Å²) in [5.41, 5.74) is 6.41. The quantitative estimate of drug-likeness (QED) is 0.338. The van der Waals surface area contributed by atoms with Crippen molar-refractivity contribution in [1.29, 1.82) is 0 Å². The molecule has 2 heterocycles. The van der Waals surface area contributed by atoms with Gasteiger partial charge in [-0.05, 0) is 12.5 Å². The Morgan fingerprint density at radius 3 is 2.77 bits per heavy atom. The lowest BCUT2D eigenvalue weighted by Crippen LogP contribution is -2.14. The molecule has 0 aliphatic rings. The zero-order valence-electron chi connectivity index (χ0n) is 16.3. The number of carbonyl (C=O) groups excluding carboxylic acids is 1. The minimum atomic E-state index is -3.67. The van der Waals surface area contributed by atoms with Gasteiger partial charge in [-0.1, -0.05) is 30.3 Å². The van der Waals surface area contributed by atoms with Crippen LogP contribution in [0, 0.1) is 0 Å². The lowest BCUT2D eigenvalue weighted by Gasteiger charge is -2.18. The van der Waals surface area contributed by atoms with E-state index in [2.05, 4.69) is 15.0 Å². The first-order valence-electron chi connectivity index (χ1n) is 9.06. The molecule has 0 spiro atoms. The number of aromatic amines is 1. The van der Waals surface area contributed by atoms with Crippen molar-refractivity contribution < 1.29 is 23.1 Å². The molecule has 1 unspecified atom stereocenters. The number of nitrogen functional groups attached to an aromatic ring is 1. The molecule has 3 N–H and O–H groups in total. The zero-order valence-corrected chi connectivity index (χ0v) is 17.2. The number of nitrogens with two attached hydrogens (primary N) is 1. The van der Waals surface area contributed by atoms with Crippen LogP contribution >= 0.6 is 7.60 Å². The molecule has 1 atom stereocenters. The van der Waals surface area contributed by atoms with Crippen LogP contribution in [0.2, 0.25) is 0 Å². The molecule has 12 heteroatoms. The second kappa shape index (κ2) is 9.77. The van der Waals surface area contributed by atoms with Crippen molar-refractivity contribution in [1.82, 2.24) is 19.5 Å². The molecule has 2 aromatic heterocycles. The highest BCUT2D eigenvalue weighted by atomic mass is 31.2.